The Labute approximate surface area is 221 Å². The Morgan fingerprint density at radius 1 is 0.973 bits per heavy atom. The van der Waals surface area contributed by atoms with Crippen LogP contribution in [0.5, 0.6) is 11.5 Å². The molecule has 12 nitrogen and oxygen atoms in total. The fourth-order valence-corrected chi connectivity index (χ4v) is 3.88. The van der Waals surface area contributed by atoms with Gasteiger partial charge in [-0.15, -0.1) is 0 Å². The van der Waals surface area contributed by atoms with Crippen LogP contribution in [-0.2, 0) is 10.2 Å². The number of hydrogen-bond donors (Lipinski definition) is 1. The maximum Gasteiger partial charge on any atom is 0.338 e. The van der Waals surface area contributed by atoms with Crippen molar-refractivity contribution in [3.8, 4) is 11.5 Å². The Hall–Kier alpha value is -3.64. The molecule has 200 valence electrons. The molecular formula is C23H24Cl2N2O10. The SMILES string of the molecule is CCOC(=O)c1cc(OCCCOc2c(Cl)c([N+](=O)[O-])cc(C(=O)O)c2C(C)(C)C)c(Cl)c([N+](=O)[O-])c1. The lowest BCUT2D eigenvalue weighted by Gasteiger charge is -2.25. The second kappa shape index (κ2) is 12.1. The average Bonchev–Trinajstić information content (AvgIpc) is 2.79. The highest BCUT2D eigenvalue weighted by atomic mass is 35.5. The largest absolute Gasteiger partial charge is 0.492 e. The fraction of sp³-hybridized carbons (Fsp3) is 0.391. The van der Waals surface area contributed by atoms with E-state index in [1.807, 2.05) is 0 Å². The summed E-state index contributed by atoms with van der Waals surface area (Å²) in [6, 6.07) is 3.09. The number of hydrogen-bond acceptors (Lipinski definition) is 9. The summed E-state index contributed by atoms with van der Waals surface area (Å²) in [5, 5.41) is 31.7. The van der Waals surface area contributed by atoms with Crippen LogP contribution in [0.15, 0.2) is 18.2 Å². The smallest absolute Gasteiger partial charge is 0.338 e. The number of carboxylic acid groups (broad SMARTS) is 1. The van der Waals surface area contributed by atoms with Crippen molar-refractivity contribution < 1.29 is 38.8 Å². The quantitative estimate of drug-likeness (QED) is 0.153. The zero-order valence-electron chi connectivity index (χ0n) is 20.3. The van der Waals surface area contributed by atoms with Gasteiger partial charge in [-0.05, 0) is 18.4 Å². The van der Waals surface area contributed by atoms with E-state index in [2.05, 4.69) is 0 Å². The molecule has 37 heavy (non-hydrogen) atoms. The second-order valence-electron chi connectivity index (χ2n) is 8.61. The summed E-state index contributed by atoms with van der Waals surface area (Å²) >= 11 is 12.3. The predicted octanol–water partition coefficient (Wildman–Crippen LogP) is 5.83. The molecule has 0 aliphatic heterocycles. The van der Waals surface area contributed by atoms with E-state index in [1.165, 1.54) is 6.07 Å². The maximum absolute atomic E-state index is 12.0. The molecule has 0 fully saturated rings. The van der Waals surface area contributed by atoms with E-state index < -0.39 is 38.6 Å². The summed E-state index contributed by atoms with van der Waals surface area (Å²) in [4.78, 5) is 45.1. The van der Waals surface area contributed by atoms with Crippen molar-refractivity contribution in [2.75, 3.05) is 19.8 Å². The molecule has 2 aromatic rings. The van der Waals surface area contributed by atoms with Crippen LogP contribution < -0.4 is 9.47 Å². The Morgan fingerprint density at radius 2 is 1.54 bits per heavy atom. The van der Waals surface area contributed by atoms with Crippen LogP contribution in [-0.4, -0.2) is 46.7 Å². The fourth-order valence-electron chi connectivity index (χ4n) is 3.37. The molecule has 1 N–H and O–H groups in total. The van der Waals surface area contributed by atoms with Gasteiger partial charge in [0, 0.05) is 24.1 Å². The molecule has 0 spiro atoms. The van der Waals surface area contributed by atoms with Crippen LogP contribution in [0.25, 0.3) is 0 Å². The van der Waals surface area contributed by atoms with Gasteiger partial charge >= 0.3 is 11.9 Å². The highest BCUT2D eigenvalue weighted by Crippen LogP contribution is 2.44. The zero-order chi connectivity index (χ0) is 28.1. The van der Waals surface area contributed by atoms with Crippen molar-refractivity contribution in [2.24, 2.45) is 0 Å². The number of aromatic carboxylic acids is 1. The molecule has 2 aromatic carbocycles. The molecule has 0 aliphatic carbocycles. The predicted molar refractivity (Wildman–Crippen MR) is 133 cm³/mol. The summed E-state index contributed by atoms with van der Waals surface area (Å²) in [5.41, 5.74) is -2.21. The average molecular weight is 559 g/mol. The number of carboxylic acids is 1. The number of esters is 1. The van der Waals surface area contributed by atoms with Gasteiger partial charge in [0.15, 0.2) is 10.0 Å². The van der Waals surface area contributed by atoms with E-state index >= 15 is 0 Å². The first kappa shape index (κ1) is 29.6. The van der Waals surface area contributed by atoms with Gasteiger partial charge in [0.05, 0.1) is 40.8 Å². The van der Waals surface area contributed by atoms with E-state index in [1.54, 1.807) is 27.7 Å². The Kier molecular flexibility index (Phi) is 9.65. The minimum absolute atomic E-state index is 0.0587. The van der Waals surface area contributed by atoms with Crippen molar-refractivity contribution in [1.82, 2.24) is 0 Å². The van der Waals surface area contributed by atoms with E-state index in [-0.39, 0.29) is 64.5 Å². The van der Waals surface area contributed by atoms with Crippen molar-refractivity contribution in [3.05, 3.63) is 65.2 Å². The van der Waals surface area contributed by atoms with E-state index in [0.717, 1.165) is 12.1 Å². The molecule has 0 atom stereocenters. The van der Waals surface area contributed by atoms with E-state index in [4.69, 9.17) is 37.4 Å². The number of rotatable bonds is 11. The van der Waals surface area contributed by atoms with Crippen LogP contribution in [0.1, 0.15) is 60.4 Å². The number of carbonyl (C=O) groups excluding carboxylic acids is 1. The summed E-state index contributed by atoms with van der Waals surface area (Å²) in [6.45, 7) is 6.56. The van der Waals surface area contributed by atoms with Gasteiger partial charge in [0.1, 0.15) is 11.5 Å². The third-order valence-corrected chi connectivity index (χ3v) is 5.64. The molecule has 0 amide bonds. The minimum Gasteiger partial charge on any atom is -0.492 e. The van der Waals surface area contributed by atoms with Crippen molar-refractivity contribution in [3.63, 3.8) is 0 Å². The molecule has 0 unspecified atom stereocenters. The molecule has 0 bridgehead atoms. The van der Waals surface area contributed by atoms with Crippen LogP contribution >= 0.6 is 23.2 Å². The molecular weight excluding hydrogens is 535 g/mol. The van der Waals surface area contributed by atoms with E-state index in [0.29, 0.717) is 0 Å². The Bertz CT molecular complexity index is 1240. The Balaban J connectivity index is 2.28. The monoisotopic (exact) mass is 558 g/mol. The number of nitro benzene ring substituents is 2. The summed E-state index contributed by atoms with van der Waals surface area (Å²) in [6.07, 6.45) is 0.138. The van der Waals surface area contributed by atoms with Gasteiger partial charge in [-0.2, -0.15) is 0 Å². The molecule has 0 radical (unpaired) electrons. The van der Waals surface area contributed by atoms with Crippen LogP contribution in [0.3, 0.4) is 0 Å². The summed E-state index contributed by atoms with van der Waals surface area (Å²) in [5.74, 6) is -2.44. The number of nitro groups is 2. The Morgan fingerprint density at radius 3 is 2.05 bits per heavy atom. The molecule has 0 aromatic heterocycles. The topological polar surface area (TPSA) is 168 Å². The normalized spacial score (nSPS) is 11.1. The highest BCUT2D eigenvalue weighted by Gasteiger charge is 2.33. The van der Waals surface area contributed by atoms with Crippen molar-refractivity contribution >= 4 is 46.5 Å². The van der Waals surface area contributed by atoms with Crippen molar-refractivity contribution in [2.45, 2.75) is 39.5 Å². The van der Waals surface area contributed by atoms with Gasteiger partial charge in [-0.1, -0.05) is 44.0 Å². The maximum atomic E-state index is 12.0. The third kappa shape index (κ3) is 6.98. The lowest BCUT2D eigenvalue weighted by Crippen LogP contribution is -2.20. The number of halogens is 2. The van der Waals surface area contributed by atoms with Gasteiger partial charge in [-0.3, -0.25) is 20.2 Å². The van der Waals surface area contributed by atoms with Gasteiger partial charge in [0.25, 0.3) is 11.4 Å². The van der Waals surface area contributed by atoms with Gasteiger partial charge < -0.3 is 19.3 Å². The van der Waals surface area contributed by atoms with Crippen LogP contribution in [0.4, 0.5) is 11.4 Å². The molecule has 14 heteroatoms. The second-order valence-corrected chi connectivity index (χ2v) is 9.37. The first-order valence-electron chi connectivity index (χ1n) is 10.9. The first-order valence-corrected chi connectivity index (χ1v) is 11.6. The van der Waals surface area contributed by atoms with Crippen LogP contribution in [0.2, 0.25) is 10.0 Å². The number of carbonyl (C=O) groups is 2. The number of benzene rings is 2. The minimum atomic E-state index is -1.38. The molecule has 0 saturated carbocycles. The van der Waals surface area contributed by atoms with Gasteiger partial charge in [0.2, 0.25) is 0 Å². The standard InChI is InChI=1S/C23H24Cl2N2O10/c1-5-35-22(30)12-9-14(26(31)32)18(24)16(10-12)36-7-6-8-37-20-17(23(2,3)4)13(21(28)29)11-15(19(20)25)27(33)34/h9-11H,5-8H2,1-4H3,(H,28,29). The number of nitrogens with zero attached hydrogens (tertiary/aromatic N) is 2. The lowest BCUT2D eigenvalue weighted by molar-refractivity contribution is -0.384. The van der Waals surface area contributed by atoms with Crippen molar-refractivity contribution in [1.29, 1.82) is 0 Å². The molecule has 0 saturated heterocycles. The third-order valence-electron chi connectivity index (χ3n) is 4.90. The number of ether oxygens (including phenoxy) is 3. The molecule has 2 rings (SSSR count). The highest BCUT2D eigenvalue weighted by molar-refractivity contribution is 6.34. The van der Waals surface area contributed by atoms with Crippen LogP contribution in [0, 0.1) is 20.2 Å². The molecule has 0 aliphatic rings. The van der Waals surface area contributed by atoms with E-state index in [9.17, 15) is 34.9 Å². The summed E-state index contributed by atoms with van der Waals surface area (Å²) in [7, 11) is 0. The lowest BCUT2D eigenvalue weighted by atomic mass is 9.82. The first-order chi connectivity index (χ1) is 17.2. The summed E-state index contributed by atoms with van der Waals surface area (Å²) < 4.78 is 16.1. The zero-order valence-corrected chi connectivity index (χ0v) is 21.8. The molecule has 0 heterocycles. The van der Waals surface area contributed by atoms with Gasteiger partial charge in [-0.25, -0.2) is 9.59 Å².